The summed E-state index contributed by atoms with van der Waals surface area (Å²) in [5, 5.41) is 0.729. The van der Waals surface area contributed by atoms with E-state index in [2.05, 4.69) is 15.8 Å². The molecule has 0 amide bonds. The highest BCUT2D eigenvalue weighted by molar-refractivity contribution is 8.00. The zero-order valence-corrected chi connectivity index (χ0v) is 11.9. The number of hydrogen-bond donors (Lipinski definition) is 1. The van der Waals surface area contributed by atoms with Gasteiger partial charge in [0.2, 0.25) is 5.95 Å². The lowest BCUT2D eigenvalue weighted by Gasteiger charge is -2.40. The molecule has 0 aliphatic heterocycles. The Morgan fingerprint density at radius 3 is 2.89 bits per heavy atom. The predicted molar refractivity (Wildman–Crippen MR) is 79.3 cm³/mol. The van der Waals surface area contributed by atoms with Crippen LogP contribution in [0.1, 0.15) is 19.3 Å². The van der Waals surface area contributed by atoms with Crippen molar-refractivity contribution in [1.82, 2.24) is 9.55 Å². The average Bonchev–Trinajstić information content (AvgIpc) is 2.61. The van der Waals surface area contributed by atoms with Crippen LogP contribution in [0.4, 0.5) is 5.95 Å². The fraction of sp³-hybridized carbons (Fsp3) is 0.462. The Morgan fingerprint density at radius 1 is 1.50 bits per heavy atom. The molecule has 0 unspecified atom stereocenters. The maximum Gasteiger partial charge on any atom is 0.201 e. The lowest BCUT2D eigenvalue weighted by molar-refractivity contribution is 0.326. The summed E-state index contributed by atoms with van der Waals surface area (Å²) in [6.45, 7) is 0.903. The van der Waals surface area contributed by atoms with Crippen LogP contribution in [0.25, 0.3) is 11.0 Å². The monoisotopic (exact) mass is 281 g/mol. The van der Waals surface area contributed by atoms with E-state index in [4.69, 9.17) is 17.3 Å². The van der Waals surface area contributed by atoms with Crippen molar-refractivity contribution < 1.29 is 0 Å². The van der Waals surface area contributed by atoms with Crippen molar-refractivity contribution in [3.05, 3.63) is 23.2 Å². The number of halogens is 1. The standard InChI is InChI=1S/C13H16ClN3S/c1-18-13(6-3-7-13)8-17-11-9(14)4-2-5-10(11)16-12(17)15/h2,4-5H,3,6-8H2,1H3,(H2,15,16). The van der Waals surface area contributed by atoms with Crippen molar-refractivity contribution in [1.29, 1.82) is 0 Å². The van der Waals surface area contributed by atoms with Gasteiger partial charge in [-0.3, -0.25) is 0 Å². The zero-order chi connectivity index (χ0) is 12.8. The van der Waals surface area contributed by atoms with E-state index in [-0.39, 0.29) is 0 Å². The number of nitrogens with two attached hydrogens (primary N) is 1. The molecule has 0 spiro atoms. The van der Waals surface area contributed by atoms with Crippen LogP contribution in [0.5, 0.6) is 0 Å². The van der Waals surface area contributed by atoms with Crippen LogP contribution in [0, 0.1) is 0 Å². The van der Waals surface area contributed by atoms with Gasteiger partial charge in [-0.25, -0.2) is 4.98 Å². The SMILES string of the molecule is CSC1(Cn2c(N)nc3cccc(Cl)c32)CCC1. The van der Waals surface area contributed by atoms with E-state index >= 15 is 0 Å². The molecule has 18 heavy (non-hydrogen) atoms. The minimum Gasteiger partial charge on any atom is -0.369 e. The van der Waals surface area contributed by atoms with Crippen LogP contribution in [0.3, 0.4) is 0 Å². The van der Waals surface area contributed by atoms with Crippen molar-refractivity contribution >= 4 is 40.3 Å². The molecule has 1 aliphatic carbocycles. The number of nitrogens with zero attached hydrogens (tertiary/aromatic N) is 2. The third-order valence-electron chi connectivity index (χ3n) is 3.89. The van der Waals surface area contributed by atoms with E-state index in [1.807, 2.05) is 30.0 Å². The molecule has 1 saturated carbocycles. The van der Waals surface area contributed by atoms with Crippen LogP contribution in [-0.2, 0) is 6.54 Å². The van der Waals surface area contributed by atoms with Gasteiger partial charge in [0.05, 0.1) is 16.1 Å². The van der Waals surface area contributed by atoms with Crippen molar-refractivity contribution in [3.8, 4) is 0 Å². The second-order valence-corrected chi connectivity index (χ2v) is 6.59. The third-order valence-corrected chi connectivity index (χ3v) is 5.60. The molecule has 1 fully saturated rings. The fourth-order valence-electron chi connectivity index (χ4n) is 2.61. The maximum atomic E-state index is 6.29. The molecule has 1 aromatic heterocycles. The van der Waals surface area contributed by atoms with Crippen molar-refractivity contribution in [2.75, 3.05) is 12.0 Å². The van der Waals surface area contributed by atoms with Gasteiger partial charge in [-0.1, -0.05) is 24.1 Å². The van der Waals surface area contributed by atoms with Gasteiger partial charge in [-0.2, -0.15) is 11.8 Å². The lowest BCUT2D eigenvalue weighted by Crippen LogP contribution is -2.38. The number of para-hydroxylation sites is 1. The zero-order valence-electron chi connectivity index (χ0n) is 10.3. The molecule has 0 bridgehead atoms. The number of fused-ring (bicyclic) bond motifs is 1. The number of imidazole rings is 1. The third kappa shape index (κ3) is 1.79. The molecule has 96 valence electrons. The Morgan fingerprint density at radius 2 is 2.28 bits per heavy atom. The molecule has 2 N–H and O–H groups in total. The smallest absolute Gasteiger partial charge is 0.201 e. The molecule has 2 aromatic rings. The van der Waals surface area contributed by atoms with E-state index < -0.39 is 0 Å². The largest absolute Gasteiger partial charge is 0.369 e. The number of rotatable bonds is 3. The van der Waals surface area contributed by atoms with Gasteiger partial charge >= 0.3 is 0 Å². The highest BCUT2D eigenvalue weighted by Gasteiger charge is 2.37. The van der Waals surface area contributed by atoms with Gasteiger partial charge in [0.25, 0.3) is 0 Å². The summed E-state index contributed by atoms with van der Waals surface area (Å²) in [4.78, 5) is 4.40. The Bertz CT molecular complexity index is 584. The molecule has 3 rings (SSSR count). The molecule has 1 heterocycles. The number of aromatic nitrogens is 2. The molecular weight excluding hydrogens is 266 g/mol. The predicted octanol–water partition coefficient (Wildman–Crippen LogP) is 3.56. The minimum atomic E-state index is 0.320. The number of hydrogen-bond acceptors (Lipinski definition) is 3. The maximum absolute atomic E-state index is 6.29. The van der Waals surface area contributed by atoms with Gasteiger partial charge in [-0.05, 0) is 31.2 Å². The van der Waals surface area contributed by atoms with E-state index in [1.54, 1.807) is 0 Å². The van der Waals surface area contributed by atoms with Crippen LogP contribution in [0.2, 0.25) is 5.02 Å². The molecule has 1 aliphatic rings. The normalized spacial score (nSPS) is 17.9. The average molecular weight is 282 g/mol. The Labute approximate surface area is 116 Å². The molecule has 0 saturated heterocycles. The fourth-order valence-corrected chi connectivity index (χ4v) is 3.83. The second kappa shape index (κ2) is 4.35. The summed E-state index contributed by atoms with van der Waals surface area (Å²) in [5.74, 6) is 0.568. The first-order valence-corrected chi connectivity index (χ1v) is 7.71. The van der Waals surface area contributed by atoms with Gasteiger partial charge in [0.1, 0.15) is 0 Å². The number of anilines is 1. The van der Waals surface area contributed by atoms with Gasteiger partial charge in [0, 0.05) is 11.3 Å². The number of thioether (sulfide) groups is 1. The molecule has 0 atom stereocenters. The summed E-state index contributed by atoms with van der Waals surface area (Å²) >= 11 is 8.22. The minimum absolute atomic E-state index is 0.320. The summed E-state index contributed by atoms with van der Waals surface area (Å²) < 4.78 is 2.40. The van der Waals surface area contributed by atoms with E-state index in [0.29, 0.717) is 10.7 Å². The highest BCUT2D eigenvalue weighted by Crippen LogP contribution is 2.45. The second-order valence-electron chi connectivity index (χ2n) is 4.90. The van der Waals surface area contributed by atoms with Crippen molar-refractivity contribution in [2.24, 2.45) is 0 Å². The van der Waals surface area contributed by atoms with Crippen LogP contribution in [-0.4, -0.2) is 20.6 Å². The topological polar surface area (TPSA) is 43.8 Å². The van der Waals surface area contributed by atoms with E-state index in [0.717, 1.165) is 22.6 Å². The first kappa shape index (κ1) is 12.2. The molecular formula is C13H16ClN3S. The Balaban J connectivity index is 2.08. The van der Waals surface area contributed by atoms with E-state index in [9.17, 15) is 0 Å². The lowest BCUT2D eigenvalue weighted by atomic mass is 9.84. The quantitative estimate of drug-likeness (QED) is 0.935. The first-order chi connectivity index (χ1) is 8.65. The number of nitrogen functional groups attached to an aromatic ring is 1. The van der Waals surface area contributed by atoms with Crippen LogP contribution in [0.15, 0.2) is 18.2 Å². The van der Waals surface area contributed by atoms with Gasteiger partial charge in [0.15, 0.2) is 0 Å². The Kier molecular flexibility index (Phi) is 2.94. The highest BCUT2D eigenvalue weighted by atomic mass is 35.5. The number of benzene rings is 1. The first-order valence-electron chi connectivity index (χ1n) is 6.11. The summed E-state index contributed by atoms with van der Waals surface area (Å²) in [5.41, 5.74) is 7.90. The molecule has 0 radical (unpaired) electrons. The van der Waals surface area contributed by atoms with Crippen molar-refractivity contribution in [3.63, 3.8) is 0 Å². The molecule has 3 nitrogen and oxygen atoms in total. The van der Waals surface area contributed by atoms with Crippen LogP contribution >= 0.6 is 23.4 Å². The van der Waals surface area contributed by atoms with Gasteiger partial charge < -0.3 is 10.3 Å². The van der Waals surface area contributed by atoms with E-state index in [1.165, 1.54) is 19.3 Å². The van der Waals surface area contributed by atoms with Gasteiger partial charge in [-0.15, -0.1) is 0 Å². The summed E-state index contributed by atoms with van der Waals surface area (Å²) in [6.07, 6.45) is 5.98. The Hall–Kier alpha value is -0.870. The summed E-state index contributed by atoms with van der Waals surface area (Å²) in [6, 6.07) is 5.77. The van der Waals surface area contributed by atoms with Crippen molar-refractivity contribution in [2.45, 2.75) is 30.6 Å². The van der Waals surface area contributed by atoms with Crippen LogP contribution < -0.4 is 5.73 Å². The summed E-state index contributed by atoms with van der Waals surface area (Å²) in [7, 11) is 0. The molecule has 5 heteroatoms. The molecule has 1 aromatic carbocycles.